The number of nitrogens with one attached hydrogen (secondary N) is 4. The first-order valence-corrected chi connectivity index (χ1v) is 15.1. The fourth-order valence-electron chi connectivity index (χ4n) is 7.17. The van der Waals surface area contributed by atoms with Gasteiger partial charge in [0.25, 0.3) is 0 Å². The van der Waals surface area contributed by atoms with E-state index in [0.29, 0.717) is 42.4 Å². The third-order valence-corrected chi connectivity index (χ3v) is 11.4. The first-order chi connectivity index (χ1) is 18.8. The Morgan fingerprint density at radius 2 is 1.97 bits per heavy atom. The van der Waals surface area contributed by atoms with Crippen LogP contribution in [-0.2, 0) is 20.2 Å². The molecule has 39 heavy (non-hydrogen) atoms. The summed E-state index contributed by atoms with van der Waals surface area (Å²) in [5.41, 5.74) is 8.41. The molecule has 1 spiro atoms. The highest BCUT2D eigenvalue weighted by atomic mass is 32.2. The van der Waals surface area contributed by atoms with Crippen molar-refractivity contribution >= 4 is 27.4 Å². The zero-order valence-corrected chi connectivity index (χ0v) is 22.9. The van der Waals surface area contributed by atoms with E-state index in [1.54, 1.807) is 13.2 Å². The second-order valence-corrected chi connectivity index (χ2v) is 13.3. The lowest BCUT2D eigenvalue weighted by Crippen LogP contribution is -2.42. The molecule has 4 fully saturated rings. The number of amides is 1. The van der Waals surface area contributed by atoms with E-state index in [4.69, 9.17) is 9.47 Å². The first-order valence-electron chi connectivity index (χ1n) is 13.7. The quantitative estimate of drug-likeness (QED) is 0.406. The summed E-state index contributed by atoms with van der Waals surface area (Å²) in [4.78, 5) is 17.7. The molecule has 208 valence electrons. The average Bonchev–Trinajstić information content (AvgIpc) is 3.45. The van der Waals surface area contributed by atoms with Crippen LogP contribution in [0.3, 0.4) is 0 Å². The zero-order chi connectivity index (χ0) is 26.9. The number of anilines is 2. The van der Waals surface area contributed by atoms with Gasteiger partial charge in [-0.05, 0) is 67.7 Å². The molecule has 5 aliphatic rings. The van der Waals surface area contributed by atoms with E-state index in [1.807, 2.05) is 18.2 Å². The Bertz CT molecular complexity index is 1430. The van der Waals surface area contributed by atoms with E-state index < -0.39 is 15.4 Å². The van der Waals surface area contributed by atoms with Crippen LogP contribution in [0.4, 0.5) is 11.5 Å². The molecule has 6 atom stereocenters. The molecule has 2 saturated carbocycles. The van der Waals surface area contributed by atoms with Crippen molar-refractivity contribution in [2.45, 2.75) is 54.6 Å². The van der Waals surface area contributed by atoms with Gasteiger partial charge in [-0.2, -0.15) is 4.31 Å². The summed E-state index contributed by atoms with van der Waals surface area (Å²) in [6, 6.07) is 7.66. The molecule has 1 aromatic heterocycles. The van der Waals surface area contributed by atoms with Crippen LogP contribution in [0.1, 0.15) is 37.7 Å². The van der Waals surface area contributed by atoms with Gasteiger partial charge in [0, 0.05) is 43.0 Å². The van der Waals surface area contributed by atoms with E-state index in [-0.39, 0.29) is 23.0 Å². The molecule has 7 rings (SSSR count). The van der Waals surface area contributed by atoms with Crippen molar-refractivity contribution in [3.8, 4) is 11.5 Å². The summed E-state index contributed by atoms with van der Waals surface area (Å²) >= 11 is 0. The van der Waals surface area contributed by atoms with Crippen LogP contribution in [0.25, 0.3) is 0 Å². The number of sulfonamides is 1. The molecule has 1 amide bonds. The van der Waals surface area contributed by atoms with Gasteiger partial charge in [0.15, 0.2) is 11.6 Å². The van der Waals surface area contributed by atoms with Crippen molar-refractivity contribution in [1.82, 2.24) is 20.1 Å². The molecule has 2 saturated heterocycles. The van der Waals surface area contributed by atoms with Gasteiger partial charge in [-0.3, -0.25) is 10.2 Å². The minimum atomic E-state index is -3.54. The molecule has 0 bridgehead atoms. The van der Waals surface area contributed by atoms with Crippen LogP contribution >= 0.6 is 0 Å². The summed E-state index contributed by atoms with van der Waals surface area (Å²) < 4.78 is 38.0. The second kappa shape index (κ2) is 9.05. The highest BCUT2D eigenvalue weighted by Crippen LogP contribution is 2.65. The zero-order valence-electron chi connectivity index (χ0n) is 22.1. The van der Waals surface area contributed by atoms with Crippen molar-refractivity contribution in [3.05, 3.63) is 36.0 Å². The third-order valence-electron chi connectivity index (χ3n) is 9.53. The Labute approximate surface area is 228 Å². The Hall–Kier alpha value is -2.93. The number of rotatable bonds is 7. The molecule has 4 heterocycles. The van der Waals surface area contributed by atoms with E-state index in [0.717, 1.165) is 49.1 Å². The summed E-state index contributed by atoms with van der Waals surface area (Å²) in [7, 11) is -0.365. The van der Waals surface area contributed by atoms with Gasteiger partial charge in [-0.15, -0.1) is 0 Å². The minimum absolute atomic E-state index is 0.0804. The molecule has 0 radical (unpaired) electrons. The molecule has 11 nitrogen and oxygen atoms in total. The van der Waals surface area contributed by atoms with Crippen molar-refractivity contribution < 1.29 is 22.7 Å². The van der Waals surface area contributed by atoms with E-state index >= 15 is 0 Å². The van der Waals surface area contributed by atoms with Gasteiger partial charge in [0.1, 0.15) is 10.6 Å². The maximum Gasteiger partial charge on any atom is 0.244 e. The lowest BCUT2D eigenvalue weighted by molar-refractivity contribution is -0.118. The second-order valence-electron chi connectivity index (χ2n) is 11.4. The normalized spacial score (nSPS) is 33.2. The Morgan fingerprint density at radius 3 is 2.72 bits per heavy atom. The monoisotopic (exact) mass is 554 g/mol. The molecule has 2 aliphatic carbocycles. The maximum absolute atomic E-state index is 13.1. The fraction of sp³-hybridized carbons (Fsp3) is 0.556. The predicted molar refractivity (Wildman–Crippen MR) is 144 cm³/mol. The lowest BCUT2D eigenvalue weighted by atomic mass is 9.74. The number of fused-ring (bicyclic) bond motifs is 3. The number of aromatic nitrogens is 1. The highest BCUT2D eigenvalue weighted by Gasteiger charge is 2.67. The first kappa shape index (κ1) is 25.1. The average molecular weight is 555 g/mol. The summed E-state index contributed by atoms with van der Waals surface area (Å²) in [5, 5.41) is 6.54. The summed E-state index contributed by atoms with van der Waals surface area (Å²) in [5.74, 6) is 2.89. The molecule has 2 aromatic rings. The Balaban J connectivity index is 1.03. The number of hydrazine groups is 1. The van der Waals surface area contributed by atoms with Gasteiger partial charge < -0.3 is 20.1 Å². The molecular weight excluding hydrogens is 520 g/mol. The topological polar surface area (TPSA) is 134 Å². The number of pyridine rings is 1. The largest absolute Gasteiger partial charge is 0.497 e. The molecule has 3 aliphatic heterocycles. The summed E-state index contributed by atoms with van der Waals surface area (Å²) in [6.45, 7) is 1.08. The van der Waals surface area contributed by atoms with Crippen LogP contribution in [0.2, 0.25) is 0 Å². The lowest BCUT2D eigenvalue weighted by Gasteiger charge is -2.34. The highest BCUT2D eigenvalue weighted by molar-refractivity contribution is 7.89. The van der Waals surface area contributed by atoms with Crippen molar-refractivity contribution in [3.63, 3.8) is 0 Å². The van der Waals surface area contributed by atoms with Crippen molar-refractivity contribution in [1.29, 1.82) is 0 Å². The summed E-state index contributed by atoms with van der Waals surface area (Å²) in [6.07, 6.45) is 6.10. The number of nitrogens with zero attached hydrogens (tertiary/aromatic N) is 2. The van der Waals surface area contributed by atoms with Crippen molar-refractivity contribution in [2.75, 3.05) is 37.9 Å². The molecular formula is C27H34N6O5S. The van der Waals surface area contributed by atoms with Gasteiger partial charge in [-0.1, -0.05) is 0 Å². The number of carbonyl (C=O) groups is 1. The van der Waals surface area contributed by atoms with Crippen LogP contribution < -0.4 is 31.0 Å². The molecule has 1 aromatic carbocycles. The van der Waals surface area contributed by atoms with E-state index in [1.165, 1.54) is 17.6 Å². The van der Waals surface area contributed by atoms with Gasteiger partial charge in [-0.25, -0.2) is 18.8 Å². The number of benzene rings is 1. The van der Waals surface area contributed by atoms with Crippen LogP contribution in [0, 0.1) is 17.8 Å². The number of ether oxygens (including phenoxy) is 2. The third kappa shape index (κ3) is 3.83. The van der Waals surface area contributed by atoms with Crippen molar-refractivity contribution in [2.24, 2.45) is 17.8 Å². The molecule has 4 N–H and O–H groups in total. The Kier molecular flexibility index (Phi) is 5.82. The molecule has 4 unspecified atom stereocenters. The smallest absolute Gasteiger partial charge is 0.244 e. The number of hydrogen-bond donors (Lipinski definition) is 4. The minimum Gasteiger partial charge on any atom is -0.497 e. The predicted octanol–water partition coefficient (Wildman–Crippen LogP) is 2.03. The Morgan fingerprint density at radius 1 is 1.13 bits per heavy atom. The van der Waals surface area contributed by atoms with Gasteiger partial charge in [0.2, 0.25) is 15.9 Å². The number of methoxy groups -OCH3 is 2. The van der Waals surface area contributed by atoms with Gasteiger partial charge in [0.05, 0.1) is 25.8 Å². The number of hydrogen-bond acceptors (Lipinski definition) is 9. The fourth-order valence-corrected chi connectivity index (χ4v) is 8.65. The number of carbonyl (C=O) groups excluding carboxylic acids is 1. The van der Waals surface area contributed by atoms with Crippen LogP contribution in [0.5, 0.6) is 11.5 Å². The standard InChI is InChI=1S/C27H34N6O5S/c1-37-16-5-7-21-19(11-16)27(26(34)29-21)13-20(27)15-4-6-18-22(10-15)31-32-24(18)30-25-23(38-2)12-17(14-28-25)39(35,36)33-8-3-9-33/h5,7,11-12,14-15,18,20,22,24,31-32H,3-4,6,8-10,13H2,1-2H3,(H,28,30)(H,29,34)/t15?,18?,20-,22?,24?,27-/m0/s1. The van der Waals surface area contributed by atoms with Gasteiger partial charge >= 0.3 is 0 Å². The van der Waals surface area contributed by atoms with E-state index in [2.05, 4.69) is 26.5 Å². The SMILES string of the molecule is COc1ccc2c(c1)[C@]1(C[C@H]1C1CCC3C(C1)NNC3Nc1ncc(S(=O)(=O)N3CCC3)cc1OC)C(=O)N2. The van der Waals surface area contributed by atoms with Crippen LogP contribution in [-0.4, -0.2) is 63.1 Å². The maximum atomic E-state index is 13.1. The molecule has 12 heteroatoms. The van der Waals surface area contributed by atoms with E-state index in [9.17, 15) is 13.2 Å². The van der Waals surface area contributed by atoms with Crippen LogP contribution in [0.15, 0.2) is 35.4 Å².